The maximum absolute atomic E-state index is 5.80. The van der Waals surface area contributed by atoms with E-state index in [2.05, 4.69) is 31.2 Å². The summed E-state index contributed by atoms with van der Waals surface area (Å²) in [5.41, 5.74) is 1.27. The second kappa shape index (κ2) is 6.65. The van der Waals surface area contributed by atoms with Gasteiger partial charge >= 0.3 is 0 Å². The lowest BCUT2D eigenvalue weighted by Crippen LogP contribution is -1.86. The summed E-state index contributed by atoms with van der Waals surface area (Å²) in [4.78, 5) is 0. The van der Waals surface area contributed by atoms with E-state index in [1.165, 1.54) is 5.56 Å². The minimum Gasteiger partial charge on any atom is -0.457 e. The molecule has 18 heavy (non-hydrogen) atoms. The Morgan fingerprint density at radius 3 is 2.44 bits per heavy atom. The average Bonchev–Trinajstić information content (AvgIpc) is 2.41. The molecule has 0 saturated heterocycles. The Morgan fingerprint density at radius 2 is 1.67 bits per heavy atom. The Bertz CT molecular complexity index is 500. The van der Waals surface area contributed by atoms with Crippen LogP contribution in [0, 0.1) is 0 Å². The molecule has 2 rings (SSSR count). The Morgan fingerprint density at radius 1 is 0.889 bits per heavy atom. The van der Waals surface area contributed by atoms with Gasteiger partial charge in [-0.2, -0.15) is 0 Å². The molecule has 0 amide bonds. The first-order chi connectivity index (χ1) is 8.88. The van der Waals surface area contributed by atoms with Gasteiger partial charge < -0.3 is 4.74 Å². The molecule has 92 valence electrons. The predicted octanol–water partition coefficient (Wildman–Crippen LogP) is 4.99. The smallest absolute Gasteiger partial charge is 0.127 e. The molecule has 0 aliphatic carbocycles. The van der Waals surface area contributed by atoms with Crippen LogP contribution in [0.2, 0.25) is 0 Å². The van der Waals surface area contributed by atoms with Gasteiger partial charge in [0, 0.05) is 0 Å². The van der Waals surface area contributed by atoms with Crippen molar-refractivity contribution in [1.29, 1.82) is 0 Å². The number of allylic oxidation sites excluding steroid dienone is 2. The zero-order valence-electron chi connectivity index (χ0n) is 10.7. The van der Waals surface area contributed by atoms with Gasteiger partial charge in [-0.3, -0.25) is 0 Å². The fourth-order valence-corrected chi connectivity index (χ4v) is 1.75. The van der Waals surface area contributed by atoms with E-state index in [1.807, 2.05) is 42.5 Å². The molecule has 0 aromatic heterocycles. The summed E-state index contributed by atoms with van der Waals surface area (Å²) in [5, 5.41) is 0. The summed E-state index contributed by atoms with van der Waals surface area (Å²) in [6.07, 6.45) is 6.42. The normalized spacial score (nSPS) is 10.7. The van der Waals surface area contributed by atoms with E-state index in [0.717, 1.165) is 24.3 Å². The van der Waals surface area contributed by atoms with Crippen molar-refractivity contribution >= 4 is 0 Å². The largest absolute Gasteiger partial charge is 0.457 e. The van der Waals surface area contributed by atoms with E-state index in [0.29, 0.717) is 0 Å². The molecular weight excluding hydrogens is 220 g/mol. The van der Waals surface area contributed by atoms with Gasteiger partial charge in [-0.15, -0.1) is 0 Å². The first-order valence-corrected chi connectivity index (χ1v) is 6.35. The zero-order valence-corrected chi connectivity index (χ0v) is 10.7. The molecule has 0 heterocycles. The zero-order chi connectivity index (χ0) is 12.6. The van der Waals surface area contributed by atoms with E-state index in [1.54, 1.807) is 0 Å². The molecule has 0 fully saturated rings. The van der Waals surface area contributed by atoms with E-state index in [9.17, 15) is 0 Å². The van der Waals surface area contributed by atoms with Gasteiger partial charge in [-0.25, -0.2) is 0 Å². The maximum Gasteiger partial charge on any atom is 0.127 e. The lowest BCUT2D eigenvalue weighted by atomic mass is 10.1. The quantitative estimate of drug-likeness (QED) is 0.667. The molecule has 0 spiro atoms. The monoisotopic (exact) mass is 238 g/mol. The van der Waals surface area contributed by atoms with Crippen LogP contribution in [0.1, 0.15) is 18.9 Å². The molecule has 0 radical (unpaired) electrons. The Hall–Kier alpha value is -2.02. The molecule has 0 saturated carbocycles. The number of hydrogen-bond donors (Lipinski definition) is 0. The van der Waals surface area contributed by atoms with Gasteiger partial charge in [0.05, 0.1) is 0 Å². The van der Waals surface area contributed by atoms with E-state index >= 15 is 0 Å². The van der Waals surface area contributed by atoms with Crippen LogP contribution >= 0.6 is 0 Å². The highest BCUT2D eigenvalue weighted by atomic mass is 16.5. The minimum atomic E-state index is 0.874. The van der Waals surface area contributed by atoms with Crippen molar-refractivity contribution in [1.82, 2.24) is 0 Å². The highest BCUT2D eigenvalue weighted by Gasteiger charge is 1.97. The third kappa shape index (κ3) is 3.77. The summed E-state index contributed by atoms with van der Waals surface area (Å²) < 4.78 is 5.80. The van der Waals surface area contributed by atoms with Gasteiger partial charge in [0.1, 0.15) is 11.5 Å². The number of benzene rings is 2. The molecule has 0 N–H and O–H groups in total. The van der Waals surface area contributed by atoms with Gasteiger partial charge in [-0.05, 0) is 42.7 Å². The maximum atomic E-state index is 5.80. The van der Waals surface area contributed by atoms with E-state index in [4.69, 9.17) is 4.74 Å². The van der Waals surface area contributed by atoms with Crippen molar-refractivity contribution in [2.24, 2.45) is 0 Å². The number of ether oxygens (including phenoxy) is 1. The Kier molecular flexibility index (Phi) is 4.60. The SMILES string of the molecule is CC/C=C/Cc1cccc(Oc2ccccc2)c1. The molecule has 1 heteroatoms. The first kappa shape index (κ1) is 12.4. The van der Waals surface area contributed by atoms with Crippen LogP contribution in [0.3, 0.4) is 0 Å². The van der Waals surface area contributed by atoms with Crippen molar-refractivity contribution in [2.75, 3.05) is 0 Å². The van der Waals surface area contributed by atoms with Crippen molar-refractivity contribution < 1.29 is 4.74 Å². The van der Waals surface area contributed by atoms with Gasteiger partial charge in [-0.1, -0.05) is 49.4 Å². The summed E-state index contributed by atoms with van der Waals surface area (Å²) in [6, 6.07) is 18.1. The third-order valence-electron chi connectivity index (χ3n) is 2.63. The second-order valence-corrected chi connectivity index (χ2v) is 4.15. The van der Waals surface area contributed by atoms with Crippen molar-refractivity contribution in [3.8, 4) is 11.5 Å². The number of para-hydroxylation sites is 1. The lowest BCUT2D eigenvalue weighted by molar-refractivity contribution is 0.482. The van der Waals surface area contributed by atoms with Crippen LogP contribution in [-0.2, 0) is 6.42 Å². The van der Waals surface area contributed by atoms with Gasteiger partial charge in [0.15, 0.2) is 0 Å². The topological polar surface area (TPSA) is 9.23 Å². The molecule has 0 atom stereocenters. The number of hydrogen-bond acceptors (Lipinski definition) is 1. The van der Waals surface area contributed by atoms with Crippen molar-refractivity contribution in [3.05, 3.63) is 72.3 Å². The molecule has 0 bridgehead atoms. The molecule has 0 aliphatic heterocycles. The van der Waals surface area contributed by atoms with Crippen LogP contribution < -0.4 is 4.74 Å². The van der Waals surface area contributed by atoms with Crippen LogP contribution in [0.5, 0.6) is 11.5 Å². The minimum absolute atomic E-state index is 0.874. The molecule has 0 aliphatic rings. The van der Waals surface area contributed by atoms with Crippen LogP contribution in [-0.4, -0.2) is 0 Å². The lowest BCUT2D eigenvalue weighted by Gasteiger charge is -2.06. The molecule has 2 aromatic rings. The third-order valence-corrected chi connectivity index (χ3v) is 2.63. The standard InChI is InChI=1S/C17H18O/c1-2-3-5-9-15-10-8-13-17(14-15)18-16-11-6-4-7-12-16/h3-8,10-14H,2,9H2,1H3/b5-3+. The fraction of sp³-hybridized carbons (Fsp3) is 0.176. The average molecular weight is 238 g/mol. The van der Waals surface area contributed by atoms with Crippen LogP contribution in [0.4, 0.5) is 0 Å². The highest BCUT2D eigenvalue weighted by Crippen LogP contribution is 2.22. The van der Waals surface area contributed by atoms with Gasteiger partial charge in [0.2, 0.25) is 0 Å². The highest BCUT2D eigenvalue weighted by molar-refractivity contribution is 5.34. The summed E-state index contributed by atoms with van der Waals surface area (Å²) in [7, 11) is 0. The fourth-order valence-electron chi connectivity index (χ4n) is 1.75. The van der Waals surface area contributed by atoms with Crippen molar-refractivity contribution in [2.45, 2.75) is 19.8 Å². The van der Waals surface area contributed by atoms with E-state index < -0.39 is 0 Å². The van der Waals surface area contributed by atoms with Crippen LogP contribution in [0.25, 0.3) is 0 Å². The Labute approximate surface area is 109 Å². The Balaban J connectivity index is 2.05. The molecule has 2 aromatic carbocycles. The molecule has 0 unspecified atom stereocenters. The van der Waals surface area contributed by atoms with Gasteiger partial charge in [0.25, 0.3) is 0 Å². The molecular formula is C17H18O. The van der Waals surface area contributed by atoms with Crippen molar-refractivity contribution in [3.63, 3.8) is 0 Å². The first-order valence-electron chi connectivity index (χ1n) is 6.35. The van der Waals surface area contributed by atoms with Crippen LogP contribution in [0.15, 0.2) is 66.7 Å². The summed E-state index contributed by atoms with van der Waals surface area (Å²) in [6.45, 7) is 2.14. The second-order valence-electron chi connectivity index (χ2n) is 4.15. The summed E-state index contributed by atoms with van der Waals surface area (Å²) >= 11 is 0. The predicted molar refractivity (Wildman–Crippen MR) is 76.1 cm³/mol. The number of rotatable bonds is 5. The van der Waals surface area contributed by atoms with E-state index in [-0.39, 0.29) is 0 Å². The summed E-state index contributed by atoms with van der Waals surface area (Å²) in [5.74, 6) is 1.77. The molecule has 1 nitrogen and oxygen atoms in total.